The lowest BCUT2D eigenvalue weighted by atomic mass is 10.4. The van der Waals surface area contributed by atoms with Crippen molar-refractivity contribution in [3.63, 3.8) is 0 Å². The molecular formula is C8H13F3O6Si. The maximum Gasteiger partial charge on any atom is 0.508 e. The lowest BCUT2D eigenvalue weighted by molar-refractivity contribution is -0.186. The van der Waals surface area contributed by atoms with Crippen LogP contribution in [0.3, 0.4) is 0 Å². The highest BCUT2D eigenvalue weighted by atomic mass is 28.4. The van der Waals surface area contributed by atoms with Gasteiger partial charge in [-0.2, -0.15) is 13.2 Å². The van der Waals surface area contributed by atoms with E-state index in [9.17, 15) is 22.8 Å². The van der Waals surface area contributed by atoms with Gasteiger partial charge >= 0.3 is 21.0 Å². The molecule has 0 amide bonds. The van der Waals surface area contributed by atoms with Crippen LogP contribution in [0.5, 0.6) is 0 Å². The third-order valence-electron chi connectivity index (χ3n) is 1.90. The zero-order chi connectivity index (χ0) is 14.4. The molecule has 0 heterocycles. The van der Waals surface area contributed by atoms with Gasteiger partial charge in [0.2, 0.25) is 5.78 Å². The lowest BCUT2D eigenvalue weighted by Gasteiger charge is -2.23. The number of ether oxygens (including phenoxy) is 1. The second kappa shape index (κ2) is 6.83. The van der Waals surface area contributed by atoms with Crippen LogP contribution in [0.25, 0.3) is 0 Å². The minimum atomic E-state index is -4.69. The largest absolute Gasteiger partial charge is 0.508 e. The van der Waals surface area contributed by atoms with E-state index in [1.54, 1.807) is 0 Å². The number of hydrogen-bond donors (Lipinski definition) is 0. The van der Waals surface area contributed by atoms with Crippen molar-refractivity contribution in [2.45, 2.75) is 12.2 Å². The molecule has 0 aromatic carbocycles. The number of halogens is 3. The molecule has 0 aromatic heterocycles. The number of ketones is 1. The van der Waals surface area contributed by atoms with Gasteiger partial charge < -0.3 is 18.0 Å². The average Bonchev–Trinajstić information content (AvgIpc) is 2.32. The van der Waals surface area contributed by atoms with Gasteiger partial charge in [-0.05, 0) is 0 Å². The van der Waals surface area contributed by atoms with Crippen molar-refractivity contribution in [3.05, 3.63) is 0 Å². The van der Waals surface area contributed by atoms with Crippen molar-refractivity contribution < 1.29 is 40.8 Å². The number of hydrogen-bond acceptors (Lipinski definition) is 6. The minimum absolute atomic E-state index is 0.590. The van der Waals surface area contributed by atoms with Gasteiger partial charge in [-0.15, -0.1) is 0 Å². The van der Waals surface area contributed by atoms with E-state index < -0.39 is 39.4 Å². The average molecular weight is 290 g/mol. The van der Waals surface area contributed by atoms with E-state index in [4.69, 9.17) is 13.3 Å². The molecular weight excluding hydrogens is 277 g/mol. The molecule has 6 nitrogen and oxygen atoms in total. The fourth-order valence-electron chi connectivity index (χ4n) is 0.963. The van der Waals surface area contributed by atoms with Crippen molar-refractivity contribution in [2.24, 2.45) is 0 Å². The SMILES string of the molecule is CO[Si](CC(=O)C(=O)OCC(F)(F)F)(OC)OC. The van der Waals surface area contributed by atoms with Crippen molar-refractivity contribution >= 4 is 20.6 Å². The first-order valence-electron chi connectivity index (χ1n) is 4.62. The van der Waals surface area contributed by atoms with Crippen LogP contribution < -0.4 is 0 Å². The summed E-state index contributed by atoms with van der Waals surface area (Å²) in [5, 5.41) is 0. The molecule has 0 N–H and O–H groups in total. The van der Waals surface area contributed by atoms with Gasteiger partial charge in [-0.25, -0.2) is 4.79 Å². The molecule has 0 aliphatic rings. The molecule has 0 rings (SSSR count). The number of carbonyl (C=O) groups excluding carboxylic acids is 2. The normalized spacial score (nSPS) is 12.3. The Morgan fingerprint density at radius 1 is 1.06 bits per heavy atom. The highest BCUT2D eigenvalue weighted by Gasteiger charge is 2.43. The predicted octanol–water partition coefficient (Wildman–Crippen LogP) is 0.539. The summed E-state index contributed by atoms with van der Waals surface area (Å²) in [4.78, 5) is 22.3. The first kappa shape index (κ1) is 17.0. The van der Waals surface area contributed by atoms with E-state index in [2.05, 4.69) is 4.74 Å². The zero-order valence-electron chi connectivity index (χ0n) is 10.00. The summed E-state index contributed by atoms with van der Waals surface area (Å²) in [7, 11) is 0.256. The number of Topliss-reactive ketones (excluding diaryl/α,β-unsaturated/α-hetero) is 1. The standard InChI is InChI=1S/C8H13F3O6Si/c1-14-18(15-2,16-3)4-6(12)7(13)17-5-8(9,10)11/h4-5H2,1-3H3. The number of esters is 1. The Hall–Kier alpha value is -0.973. The van der Waals surface area contributed by atoms with E-state index in [-0.39, 0.29) is 0 Å². The Balaban J connectivity index is 4.44. The quantitative estimate of drug-likeness (QED) is 0.387. The van der Waals surface area contributed by atoms with E-state index in [1.807, 2.05) is 0 Å². The third-order valence-corrected chi connectivity index (χ3v) is 4.52. The van der Waals surface area contributed by atoms with Gasteiger partial charge in [0.25, 0.3) is 0 Å². The molecule has 0 saturated carbocycles. The van der Waals surface area contributed by atoms with E-state index in [0.717, 1.165) is 0 Å². The summed E-state index contributed by atoms with van der Waals surface area (Å²) in [6, 6.07) is -0.590. The van der Waals surface area contributed by atoms with E-state index >= 15 is 0 Å². The van der Waals surface area contributed by atoms with Gasteiger partial charge in [0.1, 0.15) is 0 Å². The Morgan fingerprint density at radius 3 is 1.83 bits per heavy atom. The van der Waals surface area contributed by atoms with Gasteiger partial charge in [0.05, 0.1) is 6.04 Å². The van der Waals surface area contributed by atoms with Crippen molar-refractivity contribution in [2.75, 3.05) is 27.9 Å². The predicted molar refractivity (Wildman–Crippen MR) is 53.6 cm³/mol. The van der Waals surface area contributed by atoms with Crippen molar-refractivity contribution in [1.29, 1.82) is 0 Å². The second-order valence-electron chi connectivity index (χ2n) is 3.09. The lowest BCUT2D eigenvalue weighted by Crippen LogP contribution is -2.46. The van der Waals surface area contributed by atoms with Gasteiger partial charge in [-0.1, -0.05) is 0 Å². The number of rotatable bonds is 7. The molecule has 18 heavy (non-hydrogen) atoms. The Kier molecular flexibility index (Phi) is 6.46. The van der Waals surface area contributed by atoms with Crippen molar-refractivity contribution in [3.8, 4) is 0 Å². The molecule has 0 spiro atoms. The molecule has 0 bridgehead atoms. The summed E-state index contributed by atoms with van der Waals surface area (Å²) in [5.74, 6) is -2.80. The first-order valence-corrected chi connectivity index (χ1v) is 6.55. The molecule has 106 valence electrons. The van der Waals surface area contributed by atoms with Crippen LogP contribution in [0.4, 0.5) is 13.2 Å². The Bertz CT molecular complexity index is 293. The molecule has 0 aliphatic heterocycles. The highest BCUT2D eigenvalue weighted by Crippen LogP contribution is 2.16. The fraction of sp³-hybridized carbons (Fsp3) is 0.750. The highest BCUT2D eigenvalue weighted by molar-refractivity contribution is 6.67. The van der Waals surface area contributed by atoms with Gasteiger partial charge in [0, 0.05) is 21.3 Å². The Morgan fingerprint density at radius 2 is 1.50 bits per heavy atom. The van der Waals surface area contributed by atoms with E-state index in [0.29, 0.717) is 0 Å². The third kappa shape index (κ3) is 5.58. The summed E-state index contributed by atoms with van der Waals surface area (Å²) in [6.45, 7) is -1.82. The monoisotopic (exact) mass is 290 g/mol. The zero-order valence-corrected chi connectivity index (χ0v) is 11.0. The fourth-order valence-corrected chi connectivity index (χ4v) is 2.43. The van der Waals surface area contributed by atoms with Crippen LogP contribution in [-0.4, -0.2) is 54.7 Å². The molecule has 0 aliphatic carbocycles. The van der Waals surface area contributed by atoms with Crippen molar-refractivity contribution in [1.82, 2.24) is 0 Å². The smallest absolute Gasteiger partial charge is 0.450 e. The maximum atomic E-state index is 11.8. The summed E-state index contributed by atoms with van der Waals surface area (Å²) >= 11 is 0. The number of carbonyl (C=O) groups is 2. The molecule has 0 fully saturated rings. The minimum Gasteiger partial charge on any atom is -0.450 e. The van der Waals surface area contributed by atoms with Crippen LogP contribution in [0.2, 0.25) is 6.04 Å². The van der Waals surface area contributed by atoms with Gasteiger partial charge in [0.15, 0.2) is 6.61 Å². The molecule has 10 heteroatoms. The summed E-state index contributed by atoms with van der Waals surface area (Å²) < 4.78 is 53.6. The first-order chi connectivity index (χ1) is 8.19. The summed E-state index contributed by atoms with van der Waals surface area (Å²) in [6.07, 6.45) is -4.69. The van der Waals surface area contributed by atoms with Crippen LogP contribution >= 0.6 is 0 Å². The number of alkyl halides is 3. The van der Waals surface area contributed by atoms with Crippen LogP contribution in [-0.2, 0) is 27.6 Å². The van der Waals surface area contributed by atoms with Gasteiger partial charge in [-0.3, -0.25) is 4.79 Å². The Labute approximate surface area is 102 Å². The summed E-state index contributed by atoms with van der Waals surface area (Å²) in [5.41, 5.74) is 0. The van der Waals surface area contributed by atoms with E-state index in [1.165, 1.54) is 21.3 Å². The molecule has 0 unspecified atom stereocenters. The second-order valence-corrected chi connectivity index (χ2v) is 6.03. The molecule has 0 saturated heterocycles. The maximum absolute atomic E-state index is 11.8. The topological polar surface area (TPSA) is 71.1 Å². The van der Waals surface area contributed by atoms with Crippen LogP contribution in [0.1, 0.15) is 0 Å². The van der Waals surface area contributed by atoms with Crippen LogP contribution in [0, 0.1) is 0 Å². The molecule has 0 radical (unpaired) electrons. The van der Waals surface area contributed by atoms with Crippen LogP contribution in [0.15, 0.2) is 0 Å². The molecule has 0 atom stereocenters. The molecule has 0 aromatic rings.